The number of carbonyl (C=O) groups excluding carboxylic acids is 2. The highest BCUT2D eigenvalue weighted by atomic mass is 19.2. The van der Waals surface area contributed by atoms with E-state index >= 15 is 0 Å². The lowest BCUT2D eigenvalue weighted by Gasteiger charge is -2.40. The summed E-state index contributed by atoms with van der Waals surface area (Å²) in [5.74, 6) is -4.13. The van der Waals surface area contributed by atoms with Crippen molar-refractivity contribution >= 4 is 11.8 Å². The van der Waals surface area contributed by atoms with Gasteiger partial charge in [-0.1, -0.05) is 24.3 Å². The summed E-state index contributed by atoms with van der Waals surface area (Å²) in [6.45, 7) is 2.79. The number of hydrogen-bond donors (Lipinski definition) is 0. The Kier molecular flexibility index (Phi) is 7.30. The van der Waals surface area contributed by atoms with Crippen LogP contribution in [-0.2, 0) is 22.4 Å². The van der Waals surface area contributed by atoms with E-state index in [1.165, 1.54) is 24.3 Å². The minimum atomic E-state index is -0.941. The lowest BCUT2D eigenvalue weighted by molar-refractivity contribution is -0.142. The van der Waals surface area contributed by atoms with E-state index in [0.29, 0.717) is 19.6 Å². The Hall–Kier alpha value is -2.90. The first-order chi connectivity index (χ1) is 14.8. The number of nitrogens with zero attached hydrogens (tertiary/aromatic N) is 2. The summed E-state index contributed by atoms with van der Waals surface area (Å²) in [4.78, 5) is 28.3. The van der Waals surface area contributed by atoms with Crippen LogP contribution in [0.4, 0.5) is 17.6 Å². The van der Waals surface area contributed by atoms with Gasteiger partial charge in [0.1, 0.15) is 0 Å². The number of rotatable bonds is 6. The predicted octanol–water partition coefficient (Wildman–Crippen LogP) is 3.87. The van der Waals surface area contributed by atoms with Gasteiger partial charge in [-0.3, -0.25) is 9.59 Å². The van der Waals surface area contributed by atoms with E-state index in [1.54, 1.807) is 9.80 Å². The number of hydrogen-bond acceptors (Lipinski definition) is 2. The van der Waals surface area contributed by atoms with E-state index in [2.05, 4.69) is 0 Å². The molecule has 0 saturated carbocycles. The van der Waals surface area contributed by atoms with Gasteiger partial charge in [0.15, 0.2) is 23.3 Å². The van der Waals surface area contributed by atoms with E-state index < -0.39 is 23.3 Å². The van der Waals surface area contributed by atoms with Gasteiger partial charge in [0.05, 0.1) is 0 Å². The zero-order valence-corrected chi connectivity index (χ0v) is 17.2. The third-order valence-corrected chi connectivity index (χ3v) is 5.58. The van der Waals surface area contributed by atoms with Crippen LogP contribution in [0.5, 0.6) is 0 Å². The molecule has 1 aliphatic rings. The second-order valence-corrected chi connectivity index (χ2v) is 7.70. The maximum Gasteiger partial charge on any atom is 0.223 e. The number of amides is 2. The highest BCUT2D eigenvalue weighted by Crippen LogP contribution is 2.18. The average molecular weight is 436 g/mol. The van der Waals surface area contributed by atoms with Gasteiger partial charge in [-0.25, -0.2) is 17.6 Å². The first-order valence-corrected chi connectivity index (χ1v) is 10.2. The minimum absolute atomic E-state index is 0.0392. The molecule has 1 fully saturated rings. The van der Waals surface area contributed by atoms with Crippen molar-refractivity contribution in [2.24, 2.45) is 0 Å². The Labute approximate surface area is 178 Å². The molecule has 1 atom stereocenters. The molecule has 4 nitrogen and oxygen atoms in total. The van der Waals surface area contributed by atoms with Crippen LogP contribution in [0.25, 0.3) is 0 Å². The van der Waals surface area contributed by atoms with Crippen LogP contribution < -0.4 is 0 Å². The fraction of sp³-hybridized carbons (Fsp3) is 0.391. The monoisotopic (exact) mass is 436 g/mol. The maximum atomic E-state index is 13.8. The molecular weight excluding hydrogens is 412 g/mol. The Morgan fingerprint density at radius 1 is 0.839 bits per heavy atom. The predicted molar refractivity (Wildman–Crippen MR) is 107 cm³/mol. The molecule has 0 aromatic heterocycles. The molecular formula is C23H24F4N2O2. The molecule has 166 valence electrons. The second kappa shape index (κ2) is 9.94. The van der Waals surface area contributed by atoms with Gasteiger partial charge in [-0.2, -0.15) is 0 Å². The molecule has 8 heteroatoms. The van der Waals surface area contributed by atoms with Crippen molar-refractivity contribution in [2.45, 2.75) is 38.6 Å². The molecule has 0 bridgehead atoms. The summed E-state index contributed by atoms with van der Waals surface area (Å²) in [6, 6.07) is 7.53. The van der Waals surface area contributed by atoms with Crippen molar-refractivity contribution in [2.75, 3.05) is 19.6 Å². The molecule has 2 aromatic rings. The number of aryl methyl sites for hydroxylation is 2. The van der Waals surface area contributed by atoms with E-state index in [-0.39, 0.29) is 54.7 Å². The van der Waals surface area contributed by atoms with Gasteiger partial charge in [-0.05, 0) is 43.0 Å². The fourth-order valence-electron chi connectivity index (χ4n) is 3.82. The Bertz CT molecular complexity index is 967. The molecule has 2 aromatic carbocycles. The van der Waals surface area contributed by atoms with Crippen LogP contribution in [0.3, 0.4) is 0 Å². The highest BCUT2D eigenvalue weighted by Gasteiger charge is 2.29. The molecule has 0 aliphatic carbocycles. The second-order valence-electron chi connectivity index (χ2n) is 7.70. The van der Waals surface area contributed by atoms with Crippen LogP contribution in [0.2, 0.25) is 0 Å². The smallest absolute Gasteiger partial charge is 0.223 e. The fourth-order valence-corrected chi connectivity index (χ4v) is 3.82. The molecule has 2 amide bonds. The number of halogens is 4. The zero-order valence-electron chi connectivity index (χ0n) is 17.2. The van der Waals surface area contributed by atoms with Crippen LogP contribution in [0.15, 0.2) is 36.4 Å². The Morgan fingerprint density at radius 2 is 1.35 bits per heavy atom. The lowest BCUT2D eigenvalue weighted by atomic mass is 10.1. The first-order valence-electron chi connectivity index (χ1n) is 10.2. The summed E-state index contributed by atoms with van der Waals surface area (Å²) in [5, 5.41) is 0. The lowest BCUT2D eigenvalue weighted by Crippen LogP contribution is -2.55. The number of benzene rings is 2. The van der Waals surface area contributed by atoms with E-state index in [9.17, 15) is 27.2 Å². The molecule has 0 N–H and O–H groups in total. The Morgan fingerprint density at radius 3 is 1.87 bits per heavy atom. The highest BCUT2D eigenvalue weighted by molar-refractivity contribution is 5.79. The van der Waals surface area contributed by atoms with Crippen LogP contribution in [0, 0.1) is 23.3 Å². The van der Waals surface area contributed by atoms with Crippen molar-refractivity contribution in [3.05, 3.63) is 70.8 Å². The maximum absolute atomic E-state index is 13.8. The average Bonchev–Trinajstić information content (AvgIpc) is 2.75. The van der Waals surface area contributed by atoms with Crippen molar-refractivity contribution in [3.63, 3.8) is 0 Å². The zero-order chi connectivity index (χ0) is 22.5. The standard InChI is InChI=1S/C23H24F4N2O2/c1-15-14-28(20(30)10-8-16-4-2-6-18(24)22(16)26)12-13-29(15)21(31)11-9-17-5-3-7-19(25)23(17)27/h2-7,15H,8-14H2,1H3/t15-/m0/s1. The largest absolute Gasteiger partial charge is 0.339 e. The van der Waals surface area contributed by atoms with Gasteiger partial charge >= 0.3 is 0 Å². The van der Waals surface area contributed by atoms with Crippen molar-refractivity contribution < 1.29 is 27.2 Å². The molecule has 31 heavy (non-hydrogen) atoms. The Balaban J connectivity index is 1.50. The van der Waals surface area contributed by atoms with E-state index in [1.807, 2.05) is 6.92 Å². The van der Waals surface area contributed by atoms with E-state index in [0.717, 1.165) is 12.1 Å². The van der Waals surface area contributed by atoms with Crippen LogP contribution in [0.1, 0.15) is 30.9 Å². The topological polar surface area (TPSA) is 40.6 Å². The molecule has 0 radical (unpaired) electrons. The number of piperazine rings is 1. The van der Waals surface area contributed by atoms with Gasteiger partial charge in [0.25, 0.3) is 0 Å². The van der Waals surface area contributed by atoms with Crippen molar-refractivity contribution in [1.29, 1.82) is 0 Å². The molecule has 0 spiro atoms. The van der Waals surface area contributed by atoms with Crippen molar-refractivity contribution in [3.8, 4) is 0 Å². The SMILES string of the molecule is C[C@H]1CN(C(=O)CCc2cccc(F)c2F)CCN1C(=O)CCc1cccc(F)c1F. The normalized spacial score (nSPS) is 16.5. The van der Waals surface area contributed by atoms with Crippen LogP contribution in [-0.4, -0.2) is 47.3 Å². The van der Waals surface area contributed by atoms with Crippen molar-refractivity contribution in [1.82, 2.24) is 9.80 Å². The molecule has 1 saturated heterocycles. The molecule has 0 unspecified atom stereocenters. The minimum Gasteiger partial charge on any atom is -0.339 e. The van der Waals surface area contributed by atoms with Gasteiger partial charge in [0, 0.05) is 38.5 Å². The third kappa shape index (κ3) is 5.42. The third-order valence-electron chi connectivity index (χ3n) is 5.58. The quantitative estimate of drug-likeness (QED) is 0.646. The number of carbonyl (C=O) groups is 2. The van der Waals surface area contributed by atoms with Crippen LogP contribution >= 0.6 is 0 Å². The first kappa shape index (κ1) is 22.8. The van der Waals surface area contributed by atoms with E-state index in [4.69, 9.17) is 0 Å². The molecule has 1 heterocycles. The summed E-state index contributed by atoms with van der Waals surface area (Å²) < 4.78 is 54.1. The summed E-state index contributed by atoms with van der Waals surface area (Å²) in [5.41, 5.74) is 0.305. The van der Waals surface area contributed by atoms with Gasteiger partial charge in [0.2, 0.25) is 11.8 Å². The molecule has 1 aliphatic heterocycles. The molecule has 3 rings (SSSR count). The summed E-state index contributed by atoms with van der Waals surface area (Å²) in [6.07, 6.45) is 0.264. The van der Waals surface area contributed by atoms with Gasteiger partial charge in [-0.15, -0.1) is 0 Å². The summed E-state index contributed by atoms with van der Waals surface area (Å²) in [7, 11) is 0. The van der Waals surface area contributed by atoms with Gasteiger partial charge < -0.3 is 9.80 Å². The summed E-state index contributed by atoms with van der Waals surface area (Å²) >= 11 is 0.